The highest BCUT2D eigenvalue weighted by Crippen LogP contribution is 2.10. The van der Waals surface area contributed by atoms with Crippen LogP contribution in [-0.4, -0.2) is 36.9 Å². The van der Waals surface area contributed by atoms with Crippen molar-refractivity contribution in [1.29, 1.82) is 0 Å². The summed E-state index contributed by atoms with van der Waals surface area (Å²) in [6.45, 7) is -1.78. The van der Waals surface area contributed by atoms with E-state index in [4.69, 9.17) is 10.2 Å². The van der Waals surface area contributed by atoms with Crippen LogP contribution in [0.4, 0.5) is 8.78 Å². The number of nitrogens with two attached hydrogens (primary N) is 1. The van der Waals surface area contributed by atoms with E-state index in [1.165, 1.54) is 18.4 Å². The number of alkyl halides is 2. The van der Waals surface area contributed by atoms with E-state index in [0.29, 0.717) is 0 Å². The predicted octanol–water partition coefficient (Wildman–Crippen LogP) is 1.75. The van der Waals surface area contributed by atoms with Gasteiger partial charge in [0.05, 0.1) is 19.4 Å². The Morgan fingerprint density at radius 1 is 1.15 bits per heavy atom. The van der Waals surface area contributed by atoms with Crippen LogP contribution in [0.5, 0.6) is 0 Å². The summed E-state index contributed by atoms with van der Waals surface area (Å²) in [6.07, 6.45) is 1.47. The first-order valence-electron chi connectivity index (χ1n) is 7.65. The monoisotopic (exact) mass is 387 g/mol. The zero-order chi connectivity index (χ0) is 18.3. The Morgan fingerprint density at radius 3 is 2.42 bits per heavy atom. The molecule has 1 unspecified atom stereocenters. The second-order valence-corrected chi connectivity index (χ2v) is 5.47. The Bertz CT molecular complexity index is 697. The van der Waals surface area contributed by atoms with Crippen molar-refractivity contribution < 1.29 is 22.8 Å². The molecule has 2 aromatic rings. The summed E-state index contributed by atoms with van der Waals surface area (Å²) in [7, 11) is 0. The van der Waals surface area contributed by atoms with Gasteiger partial charge in [0.2, 0.25) is 5.91 Å². The number of carbonyl (C=O) groups excluding carboxylic acids is 2. The highest BCUT2D eigenvalue weighted by atomic mass is 35.5. The SMILES string of the molecule is Cl.NCC(F)(F)CNC(=O)C(Cc1ccccc1)NC(=O)c1ccco1. The smallest absolute Gasteiger partial charge is 0.287 e. The molecule has 2 rings (SSSR count). The van der Waals surface area contributed by atoms with Crippen LogP contribution in [0.1, 0.15) is 16.1 Å². The minimum atomic E-state index is -3.21. The lowest BCUT2D eigenvalue weighted by molar-refractivity contribution is -0.124. The molecule has 1 aromatic heterocycles. The zero-order valence-corrected chi connectivity index (χ0v) is 14.6. The molecule has 0 saturated carbocycles. The molecule has 0 aliphatic carbocycles. The molecule has 2 amide bonds. The molecule has 9 heteroatoms. The molecular formula is C17H20ClF2N3O3. The lowest BCUT2D eigenvalue weighted by Gasteiger charge is -2.20. The first kappa shape index (κ1) is 21.6. The van der Waals surface area contributed by atoms with Crippen LogP contribution in [0.2, 0.25) is 0 Å². The van der Waals surface area contributed by atoms with Gasteiger partial charge >= 0.3 is 0 Å². The summed E-state index contributed by atoms with van der Waals surface area (Å²) in [6, 6.07) is 10.8. The minimum absolute atomic E-state index is 0. The summed E-state index contributed by atoms with van der Waals surface area (Å²) in [4.78, 5) is 24.4. The number of hydrogen-bond acceptors (Lipinski definition) is 4. The van der Waals surface area contributed by atoms with Crippen molar-refractivity contribution >= 4 is 24.2 Å². The zero-order valence-electron chi connectivity index (χ0n) is 13.8. The standard InChI is InChI=1S/C17H19F2N3O3.ClH/c18-17(19,10-20)11-21-15(23)13(9-12-5-2-1-3-6-12)22-16(24)14-7-4-8-25-14;/h1-8,13H,9-11,20H2,(H,21,23)(H,22,24);1H. The molecule has 0 saturated heterocycles. The fourth-order valence-corrected chi connectivity index (χ4v) is 2.11. The first-order valence-corrected chi connectivity index (χ1v) is 7.65. The molecule has 0 spiro atoms. The van der Waals surface area contributed by atoms with Crippen molar-refractivity contribution in [3.8, 4) is 0 Å². The number of carbonyl (C=O) groups is 2. The molecule has 0 aliphatic rings. The molecule has 1 aromatic carbocycles. The van der Waals surface area contributed by atoms with Gasteiger partial charge in [-0.05, 0) is 17.7 Å². The van der Waals surface area contributed by atoms with Crippen LogP contribution in [-0.2, 0) is 11.2 Å². The third-order valence-corrected chi connectivity index (χ3v) is 3.47. The number of amides is 2. The first-order chi connectivity index (χ1) is 11.9. The number of benzene rings is 1. The Balaban J connectivity index is 0.00000338. The molecule has 0 fully saturated rings. The summed E-state index contributed by atoms with van der Waals surface area (Å²) >= 11 is 0. The molecule has 26 heavy (non-hydrogen) atoms. The molecule has 4 N–H and O–H groups in total. The maximum absolute atomic E-state index is 13.2. The van der Waals surface area contributed by atoms with Crippen molar-refractivity contribution in [1.82, 2.24) is 10.6 Å². The lowest BCUT2D eigenvalue weighted by atomic mass is 10.0. The minimum Gasteiger partial charge on any atom is -0.459 e. The molecule has 142 valence electrons. The van der Waals surface area contributed by atoms with Crippen LogP contribution in [0.3, 0.4) is 0 Å². The third-order valence-electron chi connectivity index (χ3n) is 3.47. The highest BCUT2D eigenvalue weighted by Gasteiger charge is 2.30. The summed E-state index contributed by atoms with van der Waals surface area (Å²) in [5, 5.41) is 4.63. The van der Waals surface area contributed by atoms with E-state index in [-0.39, 0.29) is 24.6 Å². The van der Waals surface area contributed by atoms with Crippen molar-refractivity contribution in [3.05, 3.63) is 60.1 Å². The van der Waals surface area contributed by atoms with Crippen LogP contribution in [0.25, 0.3) is 0 Å². The van der Waals surface area contributed by atoms with Gasteiger partial charge in [0.25, 0.3) is 11.8 Å². The van der Waals surface area contributed by atoms with Gasteiger partial charge in [0.1, 0.15) is 6.04 Å². The van der Waals surface area contributed by atoms with Crippen molar-refractivity contribution in [3.63, 3.8) is 0 Å². The maximum atomic E-state index is 13.2. The average molecular weight is 388 g/mol. The second-order valence-electron chi connectivity index (χ2n) is 5.47. The molecule has 0 aliphatic heterocycles. The fourth-order valence-electron chi connectivity index (χ4n) is 2.11. The highest BCUT2D eigenvalue weighted by molar-refractivity contribution is 5.95. The van der Waals surface area contributed by atoms with Gasteiger partial charge in [-0.1, -0.05) is 30.3 Å². The van der Waals surface area contributed by atoms with Crippen molar-refractivity contribution in [2.24, 2.45) is 5.73 Å². The second kappa shape index (κ2) is 9.88. The fraction of sp³-hybridized carbons (Fsp3) is 0.294. The van der Waals surface area contributed by atoms with Crippen LogP contribution in [0.15, 0.2) is 53.1 Å². The van der Waals surface area contributed by atoms with Crippen LogP contribution < -0.4 is 16.4 Å². The molecule has 6 nitrogen and oxygen atoms in total. The Kier molecular flexibility index (Phi) is 8.21. The van der Waals surface area contributed by atoms with E-state index in [2.05, 4.69) is 10.6 Å². The van der Waals surface area contributed by atoms with Crippen molar-refractivity contribution in [2.45, 2.75) is 18.4 Å². The normalized spacial score (nSPS) is 12.0. The number of halogens is 3. The molecule has 1 heterocycles. The number of hydrogen-bond donors (Lipinski definition) is 3. The molecule has 0 radical (unpaired) electrons. The van der Waals surface area contributed by atoms with E-state index < -0.39 is 36.9 Å². The van der Waals surface area contributed by atoms with Gasteiger partial charge < -0.3 is 20.8 Å². The third kappa shape index (κ3) is 6.45. The van der Waals surface area contributed by atoms with E-state index in [9.17, 15) is 18.4 Å². The molecule has 0 bridgehead atoms. The Labute approximate surface area is 155 Å². The van der Waals surface area contributed by atoms with Crippen LogP contribution >= 0.6 is 12.4 Å². The summed E-state index contributed by atoms with van der Waals surface area (Å²) in [5.74, 6) is -4.51. The number of rotatable bonds is 8. The largest absolute Gasteiger partial charge is 0.459 e. The van der Waals surface area contributed by atoms with E-state index in [1.54, 1.807) is 24.3 Å². The summed E-state index contributed by atoms with van der Waals surface area (Å²) in [5.41, 5.74) is 5.72. The predicted molar refractivity (Wildman–Crippen MR) is 94.4 cm³/mol. The van der Waals surface area contributed by atoms with Gasteiger partial charge in [0, 0.05) is 6.42 Å². The molecular weight excluding hydrogens is 368 g/mol. The van der Waals surface area contributed by atoms with Crippen LogP contribution in [0, 0.1) is 0 Å². The quantitative estimate of drug-likeness (QED) is 0.642. The van der Waals surface area contributed by atoms with Gasteiger partial charge in [-0.3, -0.25) is 9.59 Å². The van der Waals surface area contributed by atoms with Crippen molar-refractivity contribution in [2.75, 3.05) is 13.1 Å². The maximum Gasteiger partial charge on any atom is 0.287 e. The van der Waals surface area contributed by atoms with E-state index >= 15 is 0 Å². The Hall–Kier alpha value is -2.45. The van der Waals surface area contributed by atoms with E-state index in [0.717, 1.165) is 5.56 Å². The van der Waals surface area contributed by atoms with Gasteiger partial charge in [-0.15, -0.1) is 12.4 Å². The number of furan rings is 1. The lowest BCUT2D eigenvalue weighted by Crippen LogP contribution is -2.51. The van der Waals surface area contributed by atoms with Gasteiger partial charge in [-0.25, -0.2) is 8.78 Å². The van der Waals surface area contributed by atoms with Gasteiger partial charge in [-0.2, -0.15) is 0 Å². The topological polar surface area (TPSA) is 97.4 Å². The number of nitrogens with one attached hydrogen (secondary N) is 2. The summed E-state index contributed by atoms with van der Waals surface area (Å²) < 4.78 is 31.5. The Morgan fingerprint density at radius 2 is 1.85 bits per heavy atom. The molecule has 1 atom stereocenters. The average Bonchev–Trinajstić information content (AvgIpc) is 3.15. The van der Waals surface area contributed by atoms with Gasteiger partial charge in [0.15, 0.2) is 5.76 Å². The van der Waals surface area contributed by atoms with E-state index in [1.807, 2.05) is 6.07 Å².